The Balaban J connectivity index is 4.59. The number of ether oxygens (including phenoxy) is 3. The lowest BCUT2D eigenvalue weighted by atomic mass is 10.0. The first-order chi connectivity index (χ1) is 12.9. The van der Waals surface area contributed by atoms with E-state index in [2.05, 4.69) is 32.9 Å². The third kappa shape index (κ3) is 12.2. The van der Waals surface area contributed by atoms with Crippen molar-refractivity contribution in [3.05, 3.63) is 62.3 Å². The summed E-state index contributed by atoms with van der Waals surface area (Å²) < 4.78 is 17.2. The van der Waals surface area contributed by atoms with E-state index in [1.54, 1.807) is 12.2 Å². The van der Waals surface area contributed by atoms with Crippen molar-refractivity contribution in [3.63, 3.8) is 0 Å². The highest BCUT2D eigenvalue weighted by Crippen LogP contribution is 2.27. The van der Waals surface area contributed by atoms with E-state index >= 15 is 0 Å². The highest BCUT2D eigenvalue weighted by atomic mass is 16.7. The summed E-state index contributed by atoms with van der Waals surface area (Å²) in [6.45, 7) is 21.8. The zero-order valence-electron chi connectivity index (χ0n) is 17.0. The molecule has 0 aromatic heterocycles. The number of carbonyl (C=O) groups is 1. The number of unbranched alkanes of at least 4 members (excludes halogenated alkanes) is 1. The lowest BCUT2D eigenvalue weighted by molar-refractivity contribution is -0.247. The van der Waals surface area contributed by atoms with Gasteiger partial charge in [-0.2, -0.15) is 0 Å². The normalized spacial score (nSPS) is 12.6. The first-order valence-electron chi connectivity index (χ1n) is 9.60. The molecule has 4 nitrogen and oxygen atoms in total. The third-order valence-corrected chi connectivity index (χ3v) is 4.29. The lowest BCUT2D eigenvalue weighted by Crippen LogP contribution is -2.37. The molecule has 1 unspecified atom stereocenters. The molecule has 0 saturated heterocycles. The molecule has 0 bridgehead atoms. The van der Waals surface area contributed by atoms with Crippen LogP contribution in [0.5, 0.6) is 0 Å². The minimum atomic E-state index is -0.675. The van der Waals surface area contributed by atoms with Gasteiger partial charge in [0.1, 0.15) is 6.61 Å². The van der Waals surface area contributed by atoms with Gasteiger partial charge in [0.15, 0.2) is 5.79 Å². The van der Waals surface area contributed by atoms with Crippen LogP contribution >= 0.6 is 0 Å². The van der Waals surface area contributed by atoms with E-state index in [1.165, 1.54) is 0 Å². The van der Waals surface area contributed by atoms with Crippen molar-refractivity contribution in [2.45, 2.75) is 57.7 Å². The second-order valence-corrected chi connectivity index (χ2v) is 6.37. The van der Waals surface area contributed by atoms with Crippen molar-refractivity contribution < 1.29 is 19.0 Å². The quantitative estimate of drug-likeness (QED) is 0.101. The zero-order chi connectivity index (χ0) is 20.5. The van der Waals surface area contributed by atoms with Crippen LogP contribution in [0.2, 0.25) is 0 Å². The van der Waals surface area contributed by atoms with Crippen molar-refractivity contribution in [1.29, 1.82) is 0 Å². The molecule has 0 spiro atoms. The van der Waals surface area contributed by atoms with Crippen LogP contribution in [0.25, 0.3) is 0 Å². The number of carbonyl (C=O) groups excluding carboxylic acids is 1. The monoisotopic (exact) mass is 376 g/mol. The summed E-state index contributed by atoms with van der Waals surface area (Å²) in [4.78, 5) is 11.2. The number of hydrogen-bond acceptors (Lipinski definition) is 4. The molecular weight excluding hydrogens is 340 g/mol. The standard InChI is InChI=1S/C23H36O4/c1-7-20(5)14-11-12-16-23(10-4,26-17-13-15-21(6)8-2)27-19-18-25-22(24)9-3/h7-9H,1-3,5-6,10-19H2,4H3. The van der Waals surface area contributed by atoms with E-state index in [1.807, 2.05) is 6.92 Å². The minimum absolute atomic E-state index is 0.177. The van der Waals surface area contributed by atoms with Crippen molar-refractivity contribution in [2.75, 3.05) is 19.8 Å². The number of allylic oxidation sites excluding steroid dienone is 4. The van der Waals surface area contributed by atoms with Crippen molar-refractivity contribution in [3.8, 4) is 0 Å². The zero-order valence-corrected chi connectivity index (χ0v) is 17.0. The molecule has 0 radical (unpaired) electrons. The Morgan fingerprint density at radius 1 is 0.852 bits per heavy atom. The molecule has 0 aliphatic carbocycles. The Kier molecular flexibility index (Phi) is 14.1. The van der Waals surface area contributed by atoms with E-state index in [0.717, 1.165) is 55.7 Å². The fourth-order valence-electron chi connectivity index (χ4n) is 2.50. The molecule has 0 amide bonds. The highest BCUT2D eigenvalue weighted by molar-refractivity contribution is 5.81. The SMILES string of the molecule is C=CC(=C)CCCCC(CC)(OCCCC(=C)C=C)OCCOC(=O)C=C. The van der Waals surface area contributed by atoms with Gasteiger partial charge in [0, 0.05) is 12.5 Å². The molecule has 0 rings (SSSR count). The summed E-state index contributed by atoms with van der Waals surface area (Å²) in [6, 6.07) is 0. The highest BCUT2D eigenvalue weighted by Gasteiger charge is 2.29. The van der Waals surface area contributed by atoms with Crippen molar-refractivity contribution in [1.82, 2.24) is 0 Å². The molecule has 1 atom stereocenters. The Bertz CT molecular complexity index is 435. The molecule has 0 heterocycles. The summed E-state index contributed by atoms with van der Waals surface area (Å²) in [5.41, 5.74) is 2.04. The lowest BCUT2D eigenvalue weighted by Gasteiger charge is -2.33. The maximum Gasteiger partial charge on any atom is 0.330 e. The van der Waals surface area contributed by atoms with E-state index in [0.29, 0.717) is 13.0 Å². The van der Waals surface area contributed by atoms with Crippen LogP contribution < -0.4 is 0 Å². The van der Waals surface area contributed by atoms with E-state index in [-0.39, 0.29) is 13.2 Å². The van der Waals surface area contributed by atoms with Gasteiger partial charge in [-0.05, 0) is 38.5 Å². The van der Waals surface area contributed by atoms with Gasteiger partial charge in [0.2, 0.25) is 0 Å². The van der Waals surface area contributed by atoms with E-state index < -0.39 is 11.8 Å². The fourth-order valence-corrected chi connectivity index (χ4v) is 2.50. The second kappa shape index (κ2) is 15.2. The van der Waals surface area contributed by atoms with Crippen LogP contribution in [-0.4, -0.2) is 31.6 Å². The van der Waals surface area contributed by atoms with Gasteiger partial charge in [-0.25, -0.2) is 4.79 Å². The summed E-state index contributed by atoms with van der Waals surface area (Å²) in [7, 11) is 0. The number of esters is 1. The van der Waals surface area contributed by atoms with E-state index in [9.17, 15) is 4.79 Å². The molecular formula is C23H36O4. The summed E-state index contributed by atoms with van der Waals surface area (Å²) in [6.07, 6.45) is 10.8. The molecule has 0 aliphatic rings. The van der Waals surface area contributed by atoms with Crippen LogP contribution in [0.15, 0.2) is 62.3 Å². The smallest absolute Gasteiger partial charge is 0.330 e. The van der Waals surface area contributed by atoms with Gasteiger partial charge in [0.05, 0.1) is 13.2 Å². The number of hydrogen-bond donors (Lipinski definition) is 0. The van der Waals surface area contributed by atoms with Crippen LogP contribution in [0.1, 0.15) is 51.9 Å². The minimum Gasteiger partial charge on any atom is -0.460 e. The molecule has 0 saturated carbocycles. The van der Waals surface area contributed by atoms with Crippen LogP contribution in [0.4, 0.5) is 0 Å². The molecule has 0 aromatic carbocycles. The van der Waals surface area contributed by atoms with Gasteiger partial charge in [-0.15, -0.1) is 0 Å². The van der Waals surface area contributed by atoms with Gasteiger partial charge >= 0.3 is 5.97 Å². The molecule has 0 N–H and O–H groups in total. The summed E-state index contributed by atoms with van der Waals surface area (Å²) >= 11 is 0. The Morgan fingerprint density at radius 3 is 2.00 bits per heavy atom. The van der Waals surface area contributed by atoms with Crippen LogP contribution in [0, 0.1) is 0 Å². The molecule has 0 aromatic rings. The largest absolute Gasteiger partial charge is 0.460 e. The molecule has 0 aliphatic heterocycles. The van der Waals surface area contributed by atoms with Gasteiger partial charge in [-0.1, -0.05) is 63.1 Å². The van der Waals surface area contributed by atoms with Crippen LogP contribution in [0.3, 0.4) is 0 Å². The van der Waals surface area contributed by atoms with Gasteiger partial charge < -0.3 is 14.2 Å². The Morgan fingerprint density at radius 2 is 1.44 bits per heavy atom. The van der Waals surface area contributed by atoms with Crippen molar-refractivity contribution in [2.24, 2.45) is 0 Å². The molecule has 4 heteroatoms. The fraction of sp³-hybridized carbons (Fsp3) is 0.522. The maximum absolute atomic E-state index is 11.2. The average molecular weight is 377 g/mol. The number of rotatable bonds is 18. The Labute approximate surface area is 165 Å². The molecule has 152 valence electrons. The maximum atomic E-state index is 11.2. The predicted molar refractivity (Wildman–Crippen MR) is 112 cm³/mol. The van der Waals surface area contributed by atoms with Crippen molar-refractivity contribution >= 4 is 5.97 Å². The topological polar surface area (TPSA) is 44.8 Å². The third-order valence-electron chi connectivity index (χ3n) is 4.29. The predicted octanol–water partition coefficient (Wildman–Crippen LogP) is 5.68. The summed E-state index contributed by atoms with van der Waals surface area (Å²) in [5.74, 6) is -1.13. The van der Waals surface area contributed by atoms with Crippen LogP contribution in [-0.2, 0) is 19.0 Å². The first kappa shape index (κ1) is 25.1. The van der Waals surface area contributed by atoms with Gasteiger partial charge in [-0.3, -0.25) is 0 Å². The molecule has 27 heavy (non-hydrogen) atoms. The van der Waals surface area contributed by atoms with E-state index in [4.69, 9.17) is 14.2 Å². The van der Waals surface area contributed by atoms with Gasteiger partial charge in [0.25, 0.3) is 0 Å². The molecule has 0 fully saturated rings. The summed E-state index contributed by atoms with van der Waals surface area (Å²) in [5, 5.41) is 0. The first-order valence-corrected chi connectivity index (χ1v) is 9.60. The Hall–Kier alpha value is -1.91. The second-order valence-electron chi connectivity index (χ2n) is 6.37. The average Bonchev–Trinajstić information content (AvgIpc) is 2.70.